The van der Waals surface area contributed by atoms with Gasteiger partial charge in [0, 0.05) is 24.6 Å². The number of hydrogen-bond donors (Lipinski definition) is 2. The molecule has 5 rings (SSSR count). The van der Waals surface area contributed by atoms with E-state index in [2.05, 4.69) is 17.1 Å². The first-order valence-corrected chi connectivity index (χ1v) is 10.7. The number of fused-ring (bicyclic) bond motifs is 1. The number of hydrazone groups is 1. The maximum Gasteiger partial charge on any atom is 0.245 e. The highest BCUT2D eigenvalue weighted by molar-refractivity contribution is 5.98. The average molecular weight is 446 g/mol. The second-order valence-corrected chi connectivity index (χ2v) is 7.96. The molecule has 0 radical (unpaired) electrons. The molecule has 0 bridgehead atoms. The van der Waals surface area contributed by atoms with Gasteiger partial charge in [0.15, 0.2) is 17.4 Å². The van der Waals surface area contributed by atoms with E-state index >= 15 is 0 Å². The SMILES string of the molecule is C=CC(=O)N1CC[C@H](c2nn(-c3ccc(Oc4ccccc4F)cc3)c3c2CNN=C3N)C1. The van der Waals surface area contributed by atoms with Gasteiger partial charge < -0.3 is 20.8 Å². The molecule has 0 saturated carbocycles. The molecule has 3 aromatic rings. The minimum absolute atomic E-state index is 0.0737. The molecule has 33 heavy (non-hydrogen) atoms. The van der Waals surface area contributed by atoms with Gasteiger partial charge >= 0.3 is 0 Å². The molecule has 2 aromatic carbocycles. The summed E-state index contributed by atoms with van der Waals surface area (Å²) in [7, 11) is 0. The number of nitrogens with two attached hydrogens (primary N) is 1. The van der Waals surface area contributed by atoms with Gasteiger partial charge in [0.2, 0.25) is 5.91 Å². The van der Waals surface area contributed by atoms with Gasteiger partial charge in [-0.1, -0.05) is 18.7 Å². The molecule has 2 aliphatic heterocycles. The number of likely N-dealkylation sites (tertiary alicyclic amines) is 1. The summed E-state index contributed by atoms with van der Waals surface area (Å²) in [5.41, 5.74) is 12.6. The van der Waals surface area contributed by atoms with E-state index in [0.717, 1.165) is 29.1 Å². The number of amides is 1. The molecular weight excluding hydrogens is 423 g/mol. The molecule has 1 amide bonds. The van der Waals surface area contributed by atoms with Crippen molar-refractivity contribution in [2.45, 2.75) is 18.9 Å². The largest absolute Gasteiger partial charge is 0.454 e. The van der Waals surface area contributed by atoms with E-state index in [1.165, 1.54) is 12.1 Å². The first-order valence-electron chi connectivity index (χ1n) is 10.7. The second-order valence-electron chi connectivity index (χ2n) is 7.96. The van der Waals surface area contributed by atoms with Crippen molar-refractivity contribution in [3.05, 3.63) is 84.0 Å². The summed E-state index contributed by atoms with van der Waals surface area (Å²) in [5, 5.41) is 9.07. The molecule has 8 nitrogen and oxygen atoms in total. The van der Waals surface area contributed by atoms with Crippen molar-refractivity contribution in [2.24, 2.45) is 10.8 Å². The Morgan fingerprint density at radius 2 is 2.03 bits per heavy atom. The predicted molar refractivity (Wildman–Crippen MR) is 122 cm³/mol. The van der Waals surface area contributed by atoms with Crippen molar-refractivity contribution in [3.8, 4) is 17.2 Å². The van der Waals surface area contributed by atoms with Crippen LogP contribution in [0.2, 0.25) is 0 Å². The zero-order chi connectivity index (χ0) is 22.9. The fraction of sp³-hybridized carbons (Fsp3) is 0.208. The molecule has 2 aliphatic rings. The lowest BCUT2D eigenvalue weighted by Gasteiger charge is -2.16. The number of aromatic nitrogens is 2. The number of halogens is 1. The van der Waals surface area contributed by atoms with Gasteiger partial charge in [-0.15, -0.1) is 0 Å². The quantitative estimate of drug-likeness (QED) is 0.587. The van der Waals surface area contributed by atoms with Gasteiger partial charge in [0.25, 0.3) is 0 Å². The number of carbonyl (C=O) groups excluding carboxylic acids is 1. The third kappa shape index (κ3) is 3.82. The van der Waals surface area contributed by atoms with Crippen LogP contribution in [0.5, 0.6) is 11.5 Å². The lowest BCUT2D eigenvalue weighted by Crippen LogP contribution is -2.29. The minimum Gasteiger partial charge on any atom is -0.454 e. The molecule has 0 aliphatic carbocycles. The molecule has 1 aromatic heterocycles. The van der Waals surface area contributed by atoms with Gasteiger partial charge in [-0.3, -0.25) is 4.79 Å². The van der Waals surface area contributed by atoms with E-state index < -0.39 is 5.82 Å². The van der Waals surface area contributed by atoms with Gasteiger partial charge in [-0.05, 0) is 48.9 Å². The Kier molecular flexibility index (Phi) is 5.29. The molecule has 168 valence electrons. The number of hydrogen-bond acceptors (Lipinski definition) is 6. The Morgan fingerprint density at radius 1 is 1.24 bits per heavy atom. The first kappa shape index (κ1) is 20.7. The smallest absolute Gasteiger partial charge is 0.245 e. The van der Waals surface area contributed by atoms with Crippen molar-refractivity contribution < 1.29 is 13.9 Å². The molecule has 1 fully saturated rings. The van der Waals surface area contributed by atoms with Crippen molar-refractivity contribution in [3.63, 3.8) is 0 Å². The van der Waals surface area contributed by atoms with Gasteiger partial charge in [-0.2, -0.15) is 10.2 Å². The normalized spacial score (nSPS) is 17.2. The number of nitrogens with one attached hydrogen (secondary N) is 1. The van der Waals surface area contributed by atoms with Crippen LogP contribution in [0.4, 0.5) is 4.39 Å². The van der Waals surface area contributed by atoms with Gasteiger partial charge in [0.1, 0.15) is 11.4 Å². The third-order valence-corrected chi connectivity index (χ3v) is 5.92. The lowest BCUT2D eigenvalue weighted by atomic mass is 9.98. The standard InChI is InChI=1S/C24H23FN6O2/c1-2-21(32)30-12-11-15(14-30)22-18-13-27-28-24(26)23(18)31(29-22)16-7-9-17(10-8-16)33-20-6-4-3-5-19(20)25/h2-10,15,27H,1,11-14H2,(H2,26,28)/t15-/m0/s1. The van der Waals surface area contributed by atoms with E-state index in [-0.39, 0.29) is 17.6 Å². The minimum atomic E-state index is -0.426. The number of amidine groups is 1. The Labute approximate surface area is 190 Å². The topological polar surface area (TPSA) is 97.8 Å². The summed E-state index contributed by atoms with van der Waals surface area (Å²) in [4.78, 5) is 13.8. The summed E-state index contributed by atoms with van der Waals surface area (Å²) in [6, 6.07) is 13.4. The summed E-state index contributed by atoms with van der Waals surface area (Å²) < 4.78 is 21.3. The number of rotatable bonds is 5. The van der Waals surface area contributed by atoms with Crippen LogP contribution in [0.25, 0.3) is 5.69 Å². The van der Waals surface area contributed by atoms with Crippen LogP contribution in [0.3, 0.4) is 0 Å². The average Bonchev–Trinajstić information content (AvgIpc) is 3.47. The molecule has 3 N–H and O–H groups in total. The van der Waals surface area contributed by atoms with Crippen molar-refractivity contribution in [2.75, 3.05) is 13.1 Å². The number of benzene rings is 2. The highest BCUT2D eigenvalue weighted by Crippen LogP contribution is 2.33. The number of ether oxygens (including phenoxy) is 1. The second kappa shape index (κ2) is 8.42. The third-order valence-electron chi connectivity index (χ3n) is 5.92. The molecule has 1 atom stereocenters. The maximum absolute atomic E-state index is 13.9. The molecular formula is C24H23FN6O2. The first-order chi connectivity index (χ1) is 16.0. The lowest BCUT2D eigenvalue weighted by molar-refractivity contribution is -0.125. The van der Waals surface area contributed by atoms with Gasteiger partial charge in [0.05, 0.1) is 17.9 Å². The van der Waals surface area contributed by atoms with Crippen LogP contribution < -0.4 is 15.9 Å². The van der Waals surface area contributed by atoms with Crippen LogP contribution >= 0.6 is 0 Å². The monoisotopic (exact) mass is 446 g/mol. The maximum atomic E-state index is 13.9. The van der Waals surface area contributed by atoms with Crippen LogP contribution in [0, 0.1) is 5.82 Å². The van der Waals surface area contributed by atoms with E-state index in [0.29, 0.717) is 31.2 Å². The van der Waals surface area contributed by atoms with Gasteiger partial charge in [-0.25, -0.2) is 9.07 Å². The Balaban J connectivity index is 1.46. The zero-order valence-electron chi connectivity index (χ0n) is 17.9. The molecule has 1 saturated heterocycles. The van der Waals surface area contributed by atoms with Crippen LogP contribution in [0.15, 0.2) is 66.3 Å². The van der Waals surface area contributed by atoms with Crippen LogP contribution in [-0.4, -0.2) is 39.5 Å². The van der Waals surface area contributed by atoms with Crippen LogP contribution in [-0.2, 0) is 11.3 Å². The molecule has 0 spiro atoms. The fourth-order valence-corrected chi connectivity index (χ4v) is 4.30. The highest BCUT2D eigenvalue weighted by atomic mass is 19.1. The van der Waals surface area contributed by atoms with E-state index in [4.69, 9.17) is 15.6 Å². The van der Waals surface area contributed by atoms with Crippen molar-refractivity contribution in [1.82, 2.24) is 20.1 Å². The number of nitrogens with zero attached hydrogens (tertiary/aromatic N) is 4. The Morgan fingerprint density at radius 3 is 2.79 bits per heavy atom. The highest BCUT2D eigenvalue weighted by Gasteiger charge is 2.33. The Hall–Kier alpha value is -4.14. The Bertz CT molecular complexity index is 1250. The summed E-state index contributed by atoms with van der Waals surface area (Å²) >= 11 is 0. The molecule has 3 heterocycles. The van der Waals surface area contributed by atoms with Crippen molar-refractivity contribution >= 4 is 11.7 Å². The molecule has 0 unspecified atom stereocenters. The number of para-hydroxylation sites is 1. The molecule has 9 heteroatoms. The number of carbonyl (C=O) groups is 1. The van der Waals surface area contributed by atoms with E-state index in [9.17, 15) is 9.18 Å². The van der Waals surface area contributed by atoms with Crippen LogP contribution in [0.1, 0.15) is 29.3 Å². The van der Waals surface area contributed by atoms with E-state index in [1.54, 1.807) is 39.9 Å². The van der Waals surface area contributed by atoms with Crippen molar-refractivity contribution in [1.29, 1.82) is 0 Å². The summed E-state index contributed by atoms with van der Waals surface area (Å²) in [5.74, 6) is 0.605. The summed E-state index contributed by atoms with van der Waals surface area (Å²) in [6.45, 7) is 5.33. The summed E-state index contributed by atoms with van der Waals surface area (Å²) in [6.07, 6.45) is 2.16. The fourth-order valence-electron chi connectivity index (χ4n) is 4.30. The van der Waals surface area contributed by atoms with E-state index in [1.807, 2.05) is 12.1 Å². The zero-order valence-corrected chi connectivity index (χ0v) is 17.9. The predicted octanol–water partition coefficient (Wildman–Crippen LogP) is 3.03.